The van der Waals surface area contributed by atoms with Crippen molar-refractivity contribution < 1.29 is 14.3 Å². The molecule has 132 valence electrons. The molecule has 1 amide bonds. The lowest BCUT2D eigenvalue weighted by molar-refractivity contribution is 0.102. The maximum Gasteiger partial charge on any atom is 0.255 e. The van der Waals surface area contributed by atoms with Gasteiger partial charge >= 0.3 is 0 Å². The summed E-state index contributed by atoms with van der Waals surface area (Å²) in [4.78, 5) is 12.6. The predicted molar refractivity (Wildman–Crippen MR) is 101 cm³/mol. The van der Waals surface area contributed by atoms with Crippen LogP contribution >= 0.6 is 0 Å². The largest absolute Gasteiger partial charge is 0.491 e. The molecule has 25 heavy (non-hydrogen) atoms. The number of ether oxygens (including phenoxy) is 2. The molecule has 0 bridgehead atoms. The molecule has 0 aliphatic rings. The van der Waals surface area contributed by atoms with E-state index in [0.29, 0.717) is 41.9 Å². The van der Waals surface area contributed by atoms with E-state index >= 15 is 0 Å². The van der Waals surface area contributed by atoms with Gasteiger partial charge in [-0.05, 0) is 48.7 Å². The first-order chi connectivity index (χ1) is 12.0. The number of hydrogen-bond donors (Lipinski definition) is 1. The molecular weight excluding hydrogens is 314 g/mol. The van der Waals surface area contributed by atoms with E-state index in [2.05, 4.69) is 25.7 Å². The lowest BCUT2D eigenvalue weighted by Crippen LogP contribution is -2.14. The summed E-state index contributed by atoms with van der Waals surface area (Å²) in [6.45, 7) is 10.9. The summed E-state index contributed by atoms with van der Waals surface area (Å²) < 4.78 is 11.4. The molecule has 0 aliphatic carbocycles. The molecule has 0 heterocycles. The van der Waals surface area contributed by atoms with Gasteiger partial charge in [0.1, 0.15) is 18.1 Å². The minimum atomic E-state index is -0.207. The lowest BCUT2D eigenvalue weighted by atomic mass is 10.2. The molecule has 4 heteroatoms. The van der Waals surface area contributed by atoms with Crippen LogP contribution in [0.2, 0.25) is 0 Å². The first-order valence-electron chi connectivity index (χ1n) is 8.36. The highest BCUT2D eigenvalue weighted by Gasteiger charge is 2.11. The van der Waals surface area contributed by atoms with Crippen molar-refractivity contribution in [3.05, 3.63) is 66.2 Å². The maximum atomic E-state index is 12.6. The van der Waals surface area contributed by atoms with Crippen LogP contribution in [0, 0.1) is 5.92 Å². The number of rotatable bonds is 8. The fourth-order valence-corrected chi connectivity index (χ4v) is 2.08. The molecular formula is C21H25NO3. The van der Waals surface area contributed by atoms with Gasteiger partial charge in [0.05, 0.1) is 12.3 Å². The summed E-state index contributed by atoms with van der Waals surface area (Å²) in [6.07, 6.45) is 0. The lowest BCUT2D eigenvalue weighted by Gasteiger charge is -2.14. The van der Waals surface area contributed by atoms with Gasteiger partial charge in [-0.15, -0.1) is 0 Å². The number of amides is 1. The molecule has 0 saturated carbocycles. The molecule has 2 rings (SSSR count). The zero-order valence-electron chi connectivity index (χ0n) is 15.0. The fourth-order valence-electron chi connectivity index (χ4n) is 2.08. The van der Waals surface area contributed by atoms with Crippen LogP contribution in [0.5, 0.6) is 11.5 Å². The van der Waals surface area contributed by atoms with Crippen LogP contribution in [0.1, 0.15) is 31.1 Å². The van der Waals surface area contributed by atoms with Crippen molar-refractivity contribution in [2.45, 2.75) is 20.8 Å². The van der Waals surface area contributed by atoms with Gasteiger partial charge in [0.15, 0.2) is 0 Å². The summed E-state index contributed by atoms with van der Waals surface area (Å²) in [5.74, 6) is 1.51. The highest BCUT2D eigenvalue weighted by atomic mass is 16.5. The zero-order chi connectivity index (χ0) is 18.2. The first-order valence-corrected chi connectivity index (χ1v) is 8.36. The van der Waals surface area contributed by atoms with Crippen molar-refractivity contribution in [1.82, 2.24) is 0 Å². The van der Waals surface area contributed by atoms with Crippen LogP contribution in [0.15, 0.2) is 60.7 Å². The zero-order valence-corrected chi connectivity index (χ0v) is 15.0. The molecule has 4 nitrogen and oxygen atoms in total. The highest BCUT2D eigenvalue weighted by Crippen LogP contribution is 2.25. The Morgan fingerprint density at radius 2 is 1.88 bits per heavy atom. The van der Waals surface area contributed by atoms with Crippen LogP contribution < -0.4 is 14.8 Å². The van der Waals surface area contributed by atoms with Crippen molar-refractivity contribution in [2.24, 2.45) is 5.92 Å². The molecule has 0 aromatic heterocycles. The van der Waals surface area contributed by atoms with E-state index in [9.17, 15) is 4.79 Å². The Morgan fingerprint density at radius 1 is 1.12 bits per heavy atom. The number of carbonyl (C=O) groups excluding carboxylic acids is 1. The van der Waals surface area contributed by atoms with Gasteiger partial charge < -0.3 is 14.8 Å². The Morgan fingerprint density at radius 3 is 2.60 bits per heavy atom. The molecule has 0 atom stereocenters. The van der Waals surface area contributed by atoms with Crippen molar-refractivity contribution >= 4 is 11.6 Å². The Kier molecular flexibility index (Phi) is 6.63. The van der Waals surface area contributed by atoms with Crippen LogP contribution in [-0.4, -0.2) is 19.1 Å². The van der Waals surface area contributed by atoms with Gasteiger partial charge in [-0.25, -0.2) is 0 Å². The smallest absolute Gasteiger partial charge is 0.255 e. The van der Waals surface area contributed by atoms with Crippen molar-refractivity contribution in [3.63, 3.8) is 0 Å². The Balaban J connectivity index is 2.09. The first kappa shape index (κ1) is 18.6. The molecule has 2 aromatic rings. The number of benzene rings is 2. The standard InChI is InChI=1S/C21H25NO3/c1-15(2)13-24-18-9-7-8-17(12-18)21(23)22-19-10-5-6-11-20(19)25-14-16(3)4/h5-12,16H,1,13-14H2,2-4H3,(H,22,23). The molecule has 0 aliphatic heterocycles. The summed E-state index contributed by atoms with van der Waals surface area (Å²) in [5, 5.41) is 2.91. The molecule has 0 radical (unpaired) electrons. The highest BCUT2D eigenvalue weighted by molar-refractivity contribution is 6.05. The topological polar surface area (TPSA) is 47.6 Å². The molecule has 0 saturated heterocycles. The number of hydrogen-bond acceptors (Lipinski definition) is 3. The third-order valence-corrected chi connectivity index (χ3v) is 3.29. The Bertz CT molecular complexity index is 737. The summed E-state index contributed by atoms with van der Waals surface area (Å²) in [6, 6.07) is 14.5. The second kappa shape index (κ2) is 8.92. The van der Waals surface area contributed by atoms with E-state index in [-0.39, 0.29) is 5.91 Å². The number of nitrogens with one attached hydrogen (secondary N) is 1. The SMILES string of the molecule is C=C(C)COc1cccc(C(=O)Nc2ccccc2OCC(C)C)c1. The monoisotopic (exact) mass is 339 g/mol. The summed E-state index contributed by atoms with van der Waals surface area (Å²) in [5.41, 5.74) is 2.10. The molecule has 0 unspecified atom stereocenters. The van der Waals surface area contributed by atoms with E-state index in [1.807, 2.05) is 37.3 Å². The third-order valence-electron chi connectivity index (χ3n) is 3.29. The Hall–Kier alpha value is -2.75. The molecule has 2 aromatic carbocycles. The van der Waals surface area contributed by atoms with E-state index in [1.54, 1.807) is 18.2 Å². The number of anilines is 1. The van der Waals surface area contributed by atoms with E-state index < -0.39 is 0 Å². The average molecular weight is 339 g/mol. The van der Waals surface area contributed by atoms with E-state index in [1.165, 1.54) is 0 Å². The second-order valence-electron chi connectivity index (χ2n) is 6.43. The van der Waals surface area contributed by atoms with Gasteiger partial charge in [0.2, 0.25) is 0 Å². The van der Waals surface area contributed by atoms with Gasteiger partial charge in [-0.1, -0.05) is 38.6 Å². The average Bonchev–Trinajstić information content (AvgIpc) is 2.59. The van der Waals surface area contributed by atoms with Crippen molar-refractivity contribution in [1.29, 1.82) is 0 Å². The number of carbonyl (C=O) groups is 1. The third kappa shape index (κ3) is 5.99. The molecule has 0 fully saturated rings. The fraction of sp³-hybridized carbons (Fsp3) is 0.286. The maximum absolute atomic E-state index is 12.6. The van der Waals surface area contributed by atoms with Gasteiger partial charge in [-0.2, -0.15) is 0 Å². The van der Waals surface area contributed by atoms with Gasteiger partial charge in [-0.3, -0.25) is 4.79 Å². The molecule has 0 spiro atoms. The normalized spacial score (nSPS) is 10.4. The van der Waals surface area contributed by atoms with Crippen LogP contribution in [0.3, 0.4) is 0 Å². The quantitative estimate of drug-likeness (QED) is 0.694. The summed E-state index contributed by atoms with van der Waals surface area (Å²) in [7, 11) is 0. The van der Waals surface area contributed by atoms with Crippen LogP contribution in [0.25, 0.3) is 0 Å². The summed E-state index contributed by atoms with van der Waals surface area (Å²) >= 11 is 0. The van der Waals surface area contributed by atoms with Crippen LogP contribution in [-0.2, 0) is 0 Å². The van der Waals surface area contributed by atoms with Gasteiger partial charge in [0.25, 0.3) is 5.91 Å². The van der Waals surface area contributed by atoms with Crippen molar-refractivity contribution in [3.8, 4) is 11.5 Å². The predicted octanol–water partition coefficient (Wildman–Crippen LogP) is 4.93. The number of para-hydroxylation sites is 2. The Labute approximate surface area is 149 Å². The minimum Gasteiger partial charge on any atom is -0.491 e. The van der Waals surface area contributed by atoms with Gasteiger partial charge in [0, 0.05) is 5.56 Å². The van der Waals surface area contributed by atoms with Crippen molar-refractivity contribution in [2.75, 3.05) is 18.5 Å². The molecule has 1 N–H and O–H groups in total. The van der Waals surface area contributed by atoms with E-state index in [0.717, 1.165) is 5.57 Å². The van der Waals surface area contributed by atoms with Crippen LogP contribution in [0.4, 0.5) is 5.69 Å². The second-order valence-corrected chi connectivity index (χ2v) is 6.43. The van der Waals surface area contributed by atoms with E-state index in [4.69, 9.17) is 9.47 Å². The minimum absolute atomic E-state index is 0.207.